The molecule has 5 heteroatoms. The van der Waals surface area contributed by atoms with Gasteiger partial charge in [0.1, 0.15) is 12.4 Å². The zero-order valence-electron chi connectivity index (χ0n) is 21.3. The van der Waals surface area contributed by atoms with E-state index in [1.54, 1.807) is 4.90 Å². The molecule has 1 heterocycles. The number of hydrogen-bond acceptors (Lipinski definition) is 4. The molecule has 4 aromatic rings. The van der Waals surface area contributed by atoms with Crippen molar-refractivity contribution in [3.8, 4) is 5.75 Å². The van der Waals surface area contributed by atoms with Gasteiger partial charge in [-0.1, -0.05) is 92.2 Å². The van der Waals surface area contributed by atoms with Crippen LogP contribution < -0.4 is 4.74 Å². The summed E-state index contributed by atoms with van der Waals surface area (Å²) >= 11 is 1.42. The lowest BCUT2D eigenvalue weighted by atomic mass is 10.1. The summed E-state index contributed by atoms with van der Waals surface area (Å²) in [7, 11) is 0. The molecule has 0 bridgehead atoms. The Bertz CT molecular complexity index is 1480. The molecule has 1 aliphatic rings. The van der Waals surface area contributed by atoms with Gasteiger partial charge in [0.25, 0.3) is 5.91 Å². The summed E-state index contributed by atoms with van der Waals surface area (Å²) in [5.74, 6) is 1.05. The molecule has 186 valence electrons. The van der Waals surface area contributed by atoms with Gasteiger partial charge in [-0.15, -0.1) is 0 Å². The minimum absolute atomic E-state index is 0.0200. The maximum Gasteiger partial charge on any atom is 0.266 e. The van der Waals surface area contributed by atoms with Crippen LogP contribution in [0.3, 0.4) is 0 Å². The number of benzene rings is 4. The molecule has 1 aliphatic heterocycles. The van der Waals surface area contributed by atoms with Gasteiger partial charge in [0.15, 0.2) is 5.17 Å². The standard InChI is InChI=1S/C32H30N2O2S/c1-22(2)20-34-31(35)30(37-32(34)33-27-17-15-23(3)16-18-27)19-25-10-5-7-14-29(25)36-21-26-12-8-11-24-9-4-6-13-28(24)26/h4-19,22H,20-21H2,1-3H3/b30-19+,33-32?. The van der Waals surface area contributed by atoms with Crippen LogP contribution in [-0.2, 0) is 11.4 Å². The molecule has 0 spiro atoms. The second kappa shape index (κ2) is 11.1. The van der Waals surface area contributed by atoms with E-state index in [9.17, 15) is 4.79 Å². The zero-order valence-corrected chi connectivity index (χ0v) is 22.2. The Morgan fingerprint density at radius 2 is 1.65 bits per heavy atom. The third-order valence-corrected chi connectivity index (χ3v) is 7.17. The minimum Gasteiger partial charge on any atom is -0.488 e. The maximum atomic E-state index is 13.5. The van der Waals surface area contributed by atoms with Crippen LogP contribution in [0.2, 0.25) is 0 Å². The molecule has 4 nitrogen and oxygen atoms in total. The molecular weight excluding hydrogens is 476 g/mol. The summed E-state index contributed by atoms with van der Waals surface area (Å²) in [5, 5.41) is 3.09. The number of rotatable bonds is 7. The van der Waals surface area contributed by atoms with Crippen molar-refractivity contribution in [2.24, 2.45) is 10.9 Å². The number of nitrogens with zero attached hydrogens (tertiary/aromatic N) is 2. The first-order valence-corrected chi connectivity index (χ1v) is 13.3. The van der Waals surface area contributed by atoms with E-state index in [1.165, 1.54) is 28.1 Å². The number of para-hydroxylation sites is 1. The highest BCUT2D eigenvalue weighted by Crippen LogP contribution is 2.36. The van der Waals surface area contributed by atoms with Crippen LogP contribution >= 0.6 is 11.8 Å². The van der Waals surface area contributed by atoms with Gasteiger partial charge >= 0.3 is 0 Å². The van der Waals surface area contributed by atoms with Gasteiger partial charge in [0.05, 0.1) is 10.6 Å². The average Bonchev–Trinajstić information content (AvgIpc) is 3.18. The van der Waals surface area contributed by atoms with E-state index in [4.69, 9.17) is 9.73 Å². The molecule has 1 amide bonds. The molecule has 37 heavy (non-hydrogen) atoms. The molecular formula is C32H30N2O2S. The van der Waals surface area contributed by atoms with Crippen molar-refractivity contribution in [3.63, 3.8) is 0 Å². The molecule has 0 radical (unpaired) electrons. The van der Waals surface area contributed by atoms with Gasteiger partial charge in [-0.05, 0) is 65.2 Å². The topological polar surface area (TPSA) is 41.9 Å². The van der Waals surface area contributed by atoms with E-state index in [0.717, 1.165) is 22.6 Å². The van der Waals surface area contributed by atoms with Gasteiger partial charge in [-0.25, -0.2) is 4.99 Å². The molecule has 4 aromatic carbocycles. The number of hydrogen-bond donors (Lipinski definition) is 0. The molecule has 0 N–H and O–H groups in total. The fourth-order valence-corrected chi connectivity index (χ4v) is 5.29. The highest BCUT2D eigenvalue weighted by atomic mass is 32.2. The van der Waals surface area contributed by atoms with E-state index in [1.807, 2.05) is 66.7 Å². The van der Waals surface area contributed by atoms with Crippen molar-refractivity contribution >= 4 is 45.4 Å². The van der Waals surface area contributed by atoms with Crippen LogP contribution in [-0.4, -0.2) is 22.5 Å². The first-order chi connectivity index (χ1) is 18.0. The van der Waals surface area contributed by atoms with Crippen molar-refractivity contribution in [1.82, 2.24) is 4.90 Å². The van der Waals surface area contributed by atoms with Crippen LogP contribution in [0.25, 0.3) is 16.8 Å². The van der Waals surface area contributed by atoms with E-state index in [2.05, 4.69) is 51.1 Å². The normalized spacial score (nSPS) is 15.9. The monoisotopic (exact) mass is 506 g/mol. The molecule has 0 unspecified atom stereocenters. The SMILES string of the molecule is Cc1ccc(N=C2S/C(=C/c3ccccc3OCc3cccc4ccccc34)C(=O)N2CC(C)C)cc1. The number of aryl methyl sites for hydroxylation is 1. The highest BCUT2D eigenvalue weighted by molar-refractivity contribution is 8.18. The summed E-state index contributed by atoms with van der Waals surface area (Å²) in [6.45, 7) is 7.34. The first-order valence-electron chi connectivity index (χ1n) is 12.5. The van der Waals surface area contributed by atoms with Crippen molar-refractivity contribution in [2.75, 3.05) is 6.54 Å². The second-order valence-corrected chi connectivity index (χ2v) is 10.6. The number of ether oxygens (including phenoxy) is 1. The lowest BCUT2D eigenvalue weighted by Gasteiger charge is -2.17. The van der Waals surface area contributed by atoms with E-state index in [-0.39, 0.29) is 5.91 Å². The Labute approximate surface area is 222 Å². The third kappa shape index (κ3) is 5.78. The summed E-state index contributed by atoms with van der Waals surface area (Å²) in [6, 6.07) is 30.5. The molecule has 0 saturated carbocycles. The third-order valence-electron chi connectivity index (χ3n) is 6.16. The summed E-state index contributed by atoms with van der Waals surface area (Å²) in [6.07, 6.45) is 1.93. The molecule has 1 saturated heterocycles. The fraction of sp³-hybridized carbons (Fsp3) is 0.188. The van der Waals surface area contributed by atoms with Gasteiger partial charge in [0, 0.05) is 12.1 Å². The van der Waals surface area contributed by atoms with Gasteiger partial charge < -0.3 is 4.74 Å². The summed E-state index contributed by atoms with van der Waals surface area (Å²) in [4.78, 5) is 20.7. The Hall–Kier alpha value is -3.83. The minimum atomic E-state index is -0.0200. The average molecular weight is 507 g/mol. The van der Waals surface area contributed by atoms with Gasteiger partial charge in [-0.2, -0.15) is 0 Å². The number of fused-ring (bicyclic) bond motifs is 1. The highest BCUT2D eigenvalue weighted by Gasteiger charge is 2.34. The predicted molar refractivity (Wildman–Crippen MR) is 155 cm³/mol. The quantitative estimate of drug-likeness (QED) is 0.239. The van der Waals surface area contributed by atoms with Crippen LogP contribution in [0.15, 0.2) is 101 Å². The van der Waals surface area contributed by atoms with Crippen LogP contribution in [0.5, 0.6) is 5.75 Å². The van der Waals surface area contributed by atoms with Crippen LogP contribution in [0.1, 0.15) is 30.5 Å². The van der Waals surface area contributed by atoms with Crippen molar-refractivity contribution in [3.05, 3.63) is 113 Å². The number of carbonyl (C=O) groups excluding carboxylic acids is 1. The van der Waals surface area contributed by atoms with E-state index in [0.29, 0.717) is 29.1 Å². The second-order valence-electron chi connectivity index (χ2n) is 9.61. The van der Waals surface area contributed by atoms with Gasteiger partial charge in [0.2, 0.25) is 0 Å². The predicted octanol–water partition coefficient (Wildman–Crippen LogP) is 7.99. The summed E-state index contributed by atoms with van der Waals surface area (Å²) < 4.78 is 6.29. The first kappa shape index (κ1) is 24.8. The molecule has 0 atom stereocenters. The molecule has 0 aromatic heterocycles. The Balaban J connectivity index is 1.42. The van der Waals surface area contributed by atoms with Crippen LogP contribution in [0.4, 0.5) is 5.69 Å². The zero-order chi connectivity index (χ0) is 25.8. The van der Waals surface area contributed by atoms with E-state index < -0.39 is 0 Å². The van der Waals surface area contributed by atoms with Crippen LogP contribution in [0, 0.1) is 12.8 Å². The van der Waals surface area contributed by atoms with Crippen molar-refractivity contribution in [1.29, 1.82) is 0 Å². The number of thioether (sulfide) groups is 1. The summed E-state index contributed by atoms with van der Waals surface area (Å²) in [5.41, 5.74) is 4.02. The number of carbonyl (C=O) groups is 1. The smallest absolute Gasteiger partial charge is 0.266 e. The largest absolute Gasteiger partial charge is 0.488 e. The number of amidine groups is 1. The lowest BCUT2D eigenvalue weighted by Crippen LogP contribution is -2.32. The Morgan fingerprint density at radius 3 is 2.46 bits per heavy atom. The Morgan fingerprint density at radius 1 is 0.919 bits per heavy atom. The van der Waals surface area contributed by atoms with Gasteiger partial charge in [-0.3, -0.25) is 9.69 Å². The lowest BCUT2D eigenvalue weighted by molar-refractivity contribution is -0.122. The van der Waals surface area contributed by atoms with Crippen molar-refractivity contribution in [2.45, 2.75) is 27.4 Å². The fourth-order valence-electron chi connectivity index (χ4n) is 4.29. The molecule has 0 aliphatic carbocycles. The molecule has 5 rings (SSSR count). The van der Waals surface area contributed by atoms with E-state index >= 15 is 0 Å². The maximum absolute atomic E-state index is 13.5. The van der Waals surface area contributed by atoms with Crippen molar-refractivity contribution < 1.29 is 9.53 Å². The number of amides is 1. The molecule has 1 fully saturated rings. The Kier molecular flexibility index (Phi) is 7.42. The number of aliphatic imine (C=N–C) groups is 1.